The van der Waals surface area contributed by atoms with E-state index >= 15 is 0 Å². The van der Waals surface area contributed by atoms with Crippen molar-refractivity contribution in [2.45, 2.75) is 38.3 Å². The smallest absolute Gasteiger partial charge is 0.137 e. The van der Waals surface area contributed by atoms with E-state index in [9.17, 15) is 0 Å². The summed E-state index contributed by atoms with van der Waals surface area (Å²) in [7, 11) is 1.71. The van der Waals surface area contributed by atoms with Crippen LogP contribution < -0.4 is 4.74 Å². The zero-order chi connectivity index (χ0) is 21.2. The van der Waals surface area contributed by atoms with Crippen LogP contribution in [0.4, 0.5) is 5.69 Å². The zero-order valence-electron chi connectivity index (χ0n) is 18.2. The van der Waals surface area contributed by atoms with Gasteiger partial charge in [-0.05, 0) is 37.8 Å². The molecule has 31 heavy (non-hydrogen) atoms. The number of rotatable bonds is 4. The molecule has 0 N–H and O–H groups in total. The first kappa shape index (κ1) is 19.6. The highest BCUT2D eigenvalue weighted by molar-refractivity contribution is 6.02. The largest absolute Gasteiger partial charge is 0.497 e. The Morgan fingerprint density at radius 3 is 2.39 bits per heavy atom. The zero-order valence-corrected chi connectivity index (χ0v) is 18.2. The van der Waals surface area contributed by atoms with Crippen LogP contribution in [0.5, 0.6) is 5.75 Å². The van der Waals surface area contributed by atoms with Crippen LogP contribution in [0.15, 0.2) is 95.5 Å². The van der Waals surface area contributed by atoms with Crippen molar-refractivity contribution in [3.05, 3.63) is 107 Å². The molecule has 1 aliphatic heterocycles. The van der Waals surface area contributed by atoms with E-state index in [1.54, 1.807) is 7.11 Å². The van der Waals surface area contributed by atoms with E-state index in [0.717, 1.165) is 42.1 Å². The number of allylic oxidation sites excluding steroid dienone is 1. The summed E-state index contributed by atoms with van der Waals surface area (Å²) < 4.78 is 5.53. The molecule has 0 fully saturated rings. The fourth-order valence-corrected chi connectivity index (χ4v) is 4.90. The molecule has 1 aliphatic carbocycles. The van der Waals surface area contributed by atoms with E-state index in [0.29, 0.717) is 6.04 Å². The van der Waals surface area contributed by atoms with Gasteiger partial charge >= 0.3 is 0 Å². The van der Waals surface area contributed by atoms with E-state index < -0.39 is 0 Å². The van der Waals surface area contributed by atoms with Crippen molar-refractivity contribution in [3.63, 3.8) is 0 Å². The monoisotopic (exact) mass is 408 g/mol. The lowest BCUT2D eigenvalue weighted by Gasteiger charge is -2.45. The predicted octanol–water partition coefficient (Wildman–Crippen LogP) is 6.68. The molecule has 0 saturated carbocycles. The first-order valence-electron chi connectivity index (χ1n) is 11.1. The summed E-state index contributed by atoms with van der Waals surface area (Å²) >= 11 is 0. The summed E-state index contributed by atoms with van der Waals surface area (Å²) in [5.41, 5.74) is 6.15. The summed E-state index contributed by atoms with van der Waals surface area (Å²) in [6.45, 7) is 2.26. The quantitative estimate of drug-likeness (QED) is 0.450. The van der Waals surface area contributed by atoms with Crippen LogP contribution >= 0.6 is 0 Å². The topological polar surface area (TPSA) is 24.8 Å². The third-order valence-corrected chi connectivity index (χ3v) is 6.37. The first-order valence-corrected chi connectivity index (χ1v) is 11.1. The molecule has 2 atom stereocenters. The second-order valence-electron chi connectivity index (χ2n) is 8.43. The number of methoxy groups -OCH3 is 1. The molecule has 0 spiro atoms. The highest BCUT2D eigenvalue weighted by atomic mass is 16.5. The van der Waals surface area contributed by atoms with E-state index in [1.165, 1.54) is 16.7 Å². The van der Waals surface area contributed by atoms with Crippen molar-refractivity contribution < 1.29 is 4.74 Å². The Bertz CT molecular complexity index is 1120. The number of fused-ring (bicyclic) bond motifs is 1. The molecule has 3 aromatic rings. The summed E-state index contributed by atoms with van der Waals surface area (Å²) in [5, 5.41) is 0. The Morgan fingerprint density at radius 2 is 1.68 bits per heavy atom. The summed E-state index contributed by atoms with van der Waals surface area (Å²) in [6.07, 6.45) is 5.71. The van der Waals surface area contributed by atoms with E-state index in [4.69, 9.17) is 9.73 Å². The van der Waals surface area contributed by atoms with E-state index in [1.807, 2.05) is 0 Å². The van der Waals surface area contributed by atoms with Gasteiger partial charge in [0.15, 0.2) is 0 Å². The van der Waals surface area contributed by atoms with Gasteiger partial charge in [-0.3, -0.25) is 0 Å². The molecule has 0 amide bonds. The van der Waals surface area contributed by atoms with Crippen LogP contribution in [0.2, 0.25) is 0 Å². The van der Waals surface area contributed by atoms with E-state index in [2.05, 4.69) is 96.8 Å². The fraction of sp³-hybridized carbons (Fsp3) is 0.250. The van der Waals surface area contributed by atoms with Crippen LogP contribution in [0.3, 0.4) is 0 Å². The Labute approximate surface area is 184 Å². The third kappa shape index (κ3) is 3.76. The van der Waals surface area contributed by atoms with Crippen molar-refractivity contribution in [2.75, 3.05) is 7.11 Å². The normalized spacial score (nSPS) is 20.5. The molecule has 0 radical (unpaired) electrons. The number of hydrogen-bond donors (Lipinski definition) is 0. The SMILES string of the molecule is COc1ccc2c(c1)N=C(c1ccccc1)N(C1CCC=C(C)C1)C2c1ccccc1. The molecule has 3 aromatic carbocycles. The van der Waals surface area contributed by atoms with Crippen molar-refractivity contribution >= 4 is 11.5 Å². The van der Waals surface area contributed by atoms with Crippen LogP contribution in [-0.2, 0) is 0 Å². The standard InChI is InChI=1S/C28H28N2O/c1-20-10-9-15-23(18-20)30-27(21-11-5-3-6-12-21)25-17-16-24(31-2)19-26(25)29-28(30)22-13-7-4-8-14-22/h3-8,10-14,16-17,19,23,27H,9,15,18H2,1-2H3. The number of aliphatic imine (C=N–C) groups is 1. The maximum absolute atomic E-state index is 5.53. The Balaban J connectivity index is 1.73. The molecule has 2 aliphatic rings. The van der Waals surface area contributed by atoms with Gasteiger partial charge in [-0.1, -0.05) is 78.4 Å². The molecule has 3 nitrogen and oxygen atoms in total. The third-order valence-electron chi connectivity index (χ3n) is 6.37. The minimum absolute atomic E-state index is 0.116. The van der Waals surface area contributed by atoms with Crippen LogP contribution in [0.1, 0.15) is 48.9 Å². The average molecular weight is 409 g/mol. The maximum atomic E-state index is 5.53. The number of ether oxygens (including phenoxy) is 1. The van der Waals surface area contributed by atoms with Crippen molar-refractivity contribution in [1.29, 1.82) is 0 Å². The van der Waals surface area contributed by atoms with Crippen LogP contribution in [-0.4, -0.2) is 23.9 Å². The van der Waals surface area contributed by atoms with Crippen LogP contribution in [0, 0.1) is 0 Å². The lowest BCUT2D eigenvalue weighted by molar-refractivity contribution is 0.242. The highest BCUT2D eigenvalue weighted by Crippen LogP contribution is 2.44. The summed E-state index contributed by atoms with van der Waals surface area (Å²) in [5.74, 6) is 1.89. The van der Waals surface area contributed by atoms with Crippen molar-refractivity contribution in [3.8, 4) is 5.75 Å². The number of benzene rings is 3. The number of amidine groups is 1. The predicted molar refractivity (Wildman–Crippen MR) is 127 cm³/mol. The second-order valence-corrected chi connectivity index (χ2v) is 8.43. The first-order chi connectivity index (χ1) is 15.2. The molecule has 156 valence electrons. The van der Waals surface area contributed by atoms with E-state index in [-0.39, 0.29) is 6.04 Å². The molecule has 3 heteroatoms. The van der Waals surface area contributed by atoms with Crippen molar-refractivity contribution in [1.82, 2.24) is 4.90 Å². The fourth-order valence-electron chi connectivity index (χ4n) is 4.90. The summed E-state index contributed by atoms with van der Waals surface area (Å²) in [4.78, 5) is 7.80. The Kier molecular flexibility index (Phi) is 5.33. The van der Waals surface area contributed by atoms with Gasteiger partial charge in [-0.2, -0.15) is 0 Å². The van der Waals surface area contributed by atoms with Crippen LogP contribution in [0.25, 0.3) is 0 Å². The van der Waals surface area contributed by atoms with Crippen molar-refractivity contribution in [2.24, 2.45) is 4.99 Å². The highest BCUT2D eigenvalue weighted by Gasteiger charge is 2.37. The van der Waals surface area contributed by atoms with Gasteiger partial charge in [0.1, 0.15) is 11.6 Å². The molecular formula is C28H28N2O. The van der Waals surface area contributed by atoms with Gasteiger partial charge in [-0.25, -0.2) is 4.99 Å². The molecule has 0 bridgehead atoms. The average Bonchev–Trinajstić information content (AvgIpc) is 2.83. The Morgan fingerprint density at radius 1 is 0.935 bits per heavy atom. The van der Waals surface area contributed by atoms with Gasteiger partial charge < -0.3 is 9.64 Å². The minimum atomic E-state index is 0.116. The summed E-state index contributed by atoms with van der Waals surface area (Å²) in [6, 6.07) is 28.3. The maximum Gasteiger partial charge on any atom is 0.137 e. The van der Waals surface area contributed by atoms with Gasteiger partial charge in [-0.15, -0.1) is 0 Å². The molecule has 0 saturated heterocycles. The molecule has 5 rings (SSSR count). The molecule has 1 heterocycles. The van der Waals surface area contributed by atoms with Gasteiger partial charge in [0.25, 0.3) is 0 Å². The minimum Gasteiger partial charge on any atom is -0.497 e. The van der Waals surface area contributed by atoms with Gasteiger partial charge in [0, 0.05) is 23.2 Å². The lowest BCUT2D eigenvalue weighted by atomic mass is 9.87. The van der Waals surface area contributed by atoms with Gasteiger partial charge in [0.05, 0.1) is 18.8 Å². The number of hydrogen-bond acceptors (Lipinski definition) is 3. The Hall–Kier alpha value is -3.33. The van der Waals surface area contributed by atoms with Gasteiger partial charge in [0.2, 0.25) is 0 Å². The lowest BCUT2D eigenvalue weighted by Crippen LogP contribution is -2.46. The number of nitrogens with zero attached hydrogens (tertiary/aromatic N) is 2. The molecular weight excluding hydrogens is 380 g/mol. The molecule has 2 unspecified atom stereocenters. The second kappa shape index (κ2) is 8.43. The molecule has 0 aromatic heterocycles.